The number of pyridine rings is 5. The third-order valence-corrected chi connectivity index (χ3v) is 20.7. The summed E-state index contributed by atoms with van der Waals surface area (Å²) in [6, 6.07) is 39.4. The van der Waals surface area contributed by atoms with Crippen LogP contribution in [0.3, 0.4) is 0 Å². The van der Waals surface area contributed by atoms with Crippen molar-refractivity contribution in [2.45, 2.75) is 174 Å². The molecule has 15 rings (SSSR count). The van der Waals surface area contributed by atoms with Gasteiger partial charge in [-0.3, -0.25) is 48.5 Å². The van der Waals surface area contributed by atoms with Gasteiger partial charge >= 0.3 is 0 Å². The molecule has 116 heavy (non-hydrogen) atoms. The van der Waals surface area contributed by atoms with Gasteiger partial charge in [0.25, 0.3) is 32.4 Å². The average molecular weight is 1950 g/mol. The summed E-state index contributed by atoms with van der Waals surface area (Å²) < 4.78 is 26.0. The van der Waals surface area contributed by atoms with Crippen molar-refractivity contribution in [2.24, 2.45) is 0 Å². The van der Waals surface area contributed by atoms with Crippen molar-refractivity contribution in [3.63, 3.8) is 0 Å². The van der Waals surface area contributed by atoms with Gasteiger partial charge in [-0.2, -0.15) is 0 Å². The maximum Gasteiger partial charge on any atom is 0.295 e. The van der Waals surface area contributed by atoms with Gasteiger partial charge in [-0.05, 0) is 276 Å². The fourth-order valence-corrected chi connectivity index (χ4v) is 15.0. The number of nitrogens with zero attached hydrogens (tertiary/aromatic N) is 10. The molecule has 10 heterocycles. The number of ether oxygens (including phenoxy) is 5. The third kappa shape index (κ3) is 23.2. The largest absolute Gasteiger partial charge is 0.444 e. The molecule has 0 N–H and O–H groups in total. The Morgan fingerprint density at radius 3 is 1.04 bits per heavy atom. The first-order chi connectivity index (χ1) is 51.0. The molecule has 0 fully saturated rings. The van der Waals surface area contributed by atoms with Crippen molar-refractivity contribution in [3.05, 3.63) is 300 Å². The fourth-order valence-electron chi connectivity index (χ4n) is 15.0. The van der Waals surface area contributed by atoms with Crippen LogP contribution < -0.4 is 24.5 Å². The van der Waals surface area contributed by atoms with Crippen molar-refractivity contribution < 1.29 is 211 Å². The van der Waals surface area contributed by atoms with E-state index in [4.69, 9.17) is 23.7 Å². The number of aryl methyl sites for hydroxylation is 9. The Morgan fingerprint density at radius 1 is 0.284 bits per heavy atom. The van der Waals surface area contributed by atoms with E-state index in [9.17, 15) is 24.0 Å². The molecule has 0 saturated heterocycles. The second kappa shape index (κ2) is 48.8. The summed E-state index contributed by atoms with van der Waals surface area (Å²) in [5.41, 5.74) is 31.1. The van der Waals surface area contributed by atoms with E-state index >= 15 is 0 Å². The van der Waals surface area contributed by atoms with E-state index < -0.39 is 31.1 Å². The van der Waals surface area contributed by atoms with Crippen LogP contribution in [0.25, 0.3) is 0 Å². The van der Waals surface area contributed by atoms with E-state index in [0.717, 1.165) is 123 Å². The van der Waals surface area contributed by atoms with Crippen LogP contribution >= 0.6 is 0 Å². The second-order valence-electron chi connectivity index (χ2n) is 27.5. The van der Waals surface area contributed by atoms with Gasteiger partial charge in [0, 0.05) is 238 Å². The van der Waals surface area contributed by atoms with E-state index in [1.165, 1.54) is 83.5 Å². The van der Waals surface area contributed by atoms with Gasteiger partial charge < -0.3 is 60.8 Å². The van der Waals surface area contributed by atoms with Gasteiger partial charge in [0.2, 0.25) is 0 Å². The molecule has 10 aromatic rings. The van der Waals surface area contributed by atoms with Gasteiger partial charge in [-0.25, -0.2) is 24.9 Å². The fraction of sp³-hybridized carbons (Fsp3) is 0.286. The van der Waals surface area contributed by atoms with Gasteiger partial charge in [0.15, 0.2) is 31.1 Å². The monoisotopic (exact) mass is 1940 g/mol. The Hall–Kier alpha value is -6.28. The molecule has 5 aromatic carbocycles. The number of rotatable bonds is 15. The SMILES string of the molecule is Cc1cc(C)c2c(c1)N(C(C)OC=O)c1ncccc1C2.Cc1cc(C)c2c(c1C)N(C(C)OC=O)c1ncccc1C2.Cc1cc2c(cc1C)N(C(C)OC=O)c1ncccc1C2.Cc1ccc(C)c2c1Cc1cccnc1N2C(C)OC=O.Cc1ccc2c(c1C)Cc1cccnc1N2C(C)OC=O.[CH3-].[CH3-].[CH3-].[CH3-].[CH3-].[Y].[Y].[Y].[Y].[Y]. The topological polar surface area (TPSA) is 212 Å². The van der Waals surface area contributed by atoms with E-state index in [2.05, 4.69) is 186 Å². The molecule has 5 radical (unpaired) electrons. The van der Waals surface area contributed by atoms with Crippen LogP contribution in [0.15, 0.2) is 146 Å². The molecule has 5 aliphatic heterocycles. The molecule has 601 valence electrons. The average Bonchev–Trinajstić information content (AvgIpc) is 0.865. The standard InChI is InChI=1S/C18H20N2O2.4C17H18N2O2.5CH3.5Y/c1-11-8-12(2)16-9-15-6-5-7-19-18(15)20(14(4)22-10-21)17(16)13(11)3;1-11-6-7-16-15(12(11)2)9-14-5-4-8-18-17(14)19(16)13(3)21-10-20;1-11-6-7-12(2)16-15(11)9-14-5-4-8-18-17(14)19(16)13(3)21-10-20;1-11-7-15-9-14-5-4-6-18-17(14)19(13(3)21-10-20)16(15)8-12(11)2;1-11-7-12(2)15-9-14-5-4-6-18-17(14)19(16(15)8-11)13(3)21-10-20;;;;;;;;;;/h5-8,10,14H,9H2,1-4H3;4*4-8,10,13H,9H2,1-3H3;5*1H3;;;;;/q;;;;;5*-1;;;;;. The number of carbonyl (C=O) groups excluding carboxylic acids is 5. The predicted molar refractivity (Wildman–Crippen MR) is 445 cm³/mol. The van der Waals surface area contributed by atoms with Crippen LogP contribution in [-0.4, -0.2) is 88.4 Å². The number of fused-ring (bicyclic) bond motifs is 10. The molecule has 0 aliphatic carbocycles. The van der Waals surface area contributed by atoms with Crippen LogP contribution in [0, 0.1) is 113 Å². The molecule has 0 amide bonds. The van der Waals surface area contributed by atoms with Crippen molar-refractivity contribution in [2.75, 3.05) is 24.5 Å². The smallest absolute Gasteiger partial charge is 0.295 e. The van der Waals surface area contributed by atoms with Crippen molar-refractivity contribution in [1.29, 1.82) is 0 Å². The summed E-state index contributed by atoms with van der Waals surface area (Å²) in [4.78, 5) is 86.4. The molecule has 20 nitrogen and oxygen atoms in total. The zero-order valence-electron chi connectivity index (χ0n) is 71.1. The molecule has 5 atom stereocenters. The molecule has 5 unspecified atom stereocenters. The van der Waals surface area contributed by atoms with Gasteiger partial charge in [0.1, 0.15) is 29.1 Å². The first kappa shape index (κ1) is 108. The van der Waals surface area contributed by atoms with Crippen LogP contribution in [0.5, 0.6) is 0 Å². The maximum atomic E-state index is 10.8. The minimum atomic E-state index is -0.398. The van der Waals surface area contributed by atoms with Gasteiger partial charge in [-0.1, -0.05) is 66.7 Å². The Kier molecular flexibility index (Phi) is 45.4. The minimum Gasteiger partial charge on any atom is -0.444 e. The molecule has 5 aliphatic rings. The molecular formula is C91H107N10O10Y5-5. The zero-order chi connectivity index (χ0) is 75.8. The van der Waals surface area contributed by atoms with Crippen LogP contribution in [0.4, 0.5) is 57.5 Å². The zero-order valence-corrected chi connectivity index (χ0v) is 85.3. The number of benzene rings is 5. The molecule has 0 saturated carbocycles. The Morgan fingerprint density at radius 2 is 0.612 bits per heavy atom. The summed E-state index contributed by atoms with van der Waals surface area (Å²) >= 11 is 0. The van der Waals surface area contributed by atoms with E-state index in [0.29, 0.717) is 32.4 Å². The van der Waals surface area contributed by atoms with Crippen molar-refractivity contribution >= 4 is 89.9 Å². The first-order valence-electron chi connectivity index (χ1n) is 35.6. The summed E-state index contributed by atoms with van der Waals surface area (Å²) in [5, 5.41) is 0. The van der Waals surface area contributed by atoms with E-state index in [1.54, 1.807) is 31.0 Å². The van der Waals surface area contributed by atoms with Crippen LogP contribution in [0.1, 0.15) is 151 Å². The number of aromatic nitrogens is 5. The predicted octanol–water partition coefficient (Wildman–Crippen LogP) is 18.8. The number of anilines is 10. The van der Waals surface area contributed by atoms with E-state index in [1.807, 2.05) is 89.5 Å². The minimum absolute atomic E-state index is 0. The number of hydrogen-bond acceptors (Lipinski definition) is 20. The first-order valence-corrected chi connectivity index (χ1v) is 35.6. The maximum absolute atomic E-state index is 10.8. The normalized spacial score (nSPS) is 12.9. The Balaban J connectivity index is 0.000000710. The Labute approximate surface area is 814 Å². The van der Waals surface area contributed by atoms with Crippen molar-refractivity contribution in [3.8, 4) is 0 Å². The summed E-state index contributed by atoms with van der Waals surface area (Å²) in [5.74, 6) is 4.33. The molecule has 5 aromatic heterocycles. The van der Waals surface area contributed by atoms with Crippen LogP contribution in [-0.2, 0) is 243 Å². The third-order valence-electron chi connectivity index (χ3n) is 20.7. The van der Waals surface area contributed by atoms with Gasteiger partial charge in [-0.15, -0.1) is 0 Å². The quantitative estimate of drug-likeness (QED) is 0.0530. The molecular weight excluding hydrogens is 1840 g/mol. The Bertz CT molecular complexity index is 4940. The second-order valence-corrected chi connectivity index (χ2v) is 27.5. The summed E-state index contributed by atoms with van der Waals surface area (Å²) in [6.45, 7) is 35.0. The van der Waals surface area contributed by atoms with Crippen LogP contribution in [0.2, 0.25) is 0 Å². The molecule has 0 spiro atoms. The summed E-state index contributed by atoms with van der Waals surface area (Å²) in [7, 11) is 0. The van der Waals surface area contributed by atoms with Gasteiger partial charge in [0.05, 0.1) is 17.1 Å². The molecule has 25 heteroatoms. The molecule has 0 bridgehead atoms. The number of hydrogen-bond donors (Lipinski definition) is 0. The van der Waals surface area contributed by atoms with Crippen molar-refractivity contribution in [1.82, 2.24) is 24.9 Å². The summed E-state index contributed by atoms with van der Waals surface area (Å²) in [6.07, 6.45) is 11.2. The van der Waals surface area contributed by atoms with E-state index in [-0.39, 0.29) is 201 Å². The number of carbonyl (C=O) groups is 5.